The third kappa shape index (κ3) is 5.25. The van der Waals surface area contributed by atoms with Crippen LogP contribution in [0.4, 0.5) is 0 Å². The Morgan fingerprint density at radius 3 is 2.61 bits per heavy atom. The van der Waals surface area contributed by atoms with E-state index in [0.717, 1.165) is 25.4 Å². The molecule has 0 aromatic rings. The number of rotatable bonds is 8. The van der Waals surface area contributed by atoms with Crippen LogP contribution in [0.1, 0.15) is 58.8 Å². The summed E-state index contributed by atoms with van der Waals surface area (Å²) < 4.78 is 0. The number of oxime groups is 1. The summed E-state index contributed by atoms with van der Waals surface area (Å²) in [4.78, 5) is 0. The molecule has 1 fully saturated rings. The second-order valence-electron chi connectivity index (χ2n) is 6.18. The van der Waals surface area contributed by atoms with Gasteiger partial charge in [-0.05, 0) is 43.6 Å². The zero-order valence-corrected chi connectivity index (χ0v) is 11.9. The van der Waals surface area contributed by atoms with E-state index in [1.807, 2.05) is 0 Å². The number of hydrogen-bond donors (Lipinski definition) is 3. The minimum atomic E-state index is 0.328. The average Bonchev–Trinajstić information content (AvgIpc) is 2.76. The molecule has 0 unspecified atom stereocenters. The Bertz CT molecular complexity index is 258. The Morgan fingerprint density at radius 1 is 1.39 bits per heavy atom. The molecular weight excluding hydrogens is 226 g/mol. The largest absolute Gasteiger partial charge is 0.409 e. The van der Waals surface area contributed by atoms with Crippen molar-refractivity contribution in [3.63, 3.8) is 0 Å². The topological polar surface area (TPSA) is 70.6 Å². The summed E-state index contributed by atoms with van der Waals surface area (Å²) in [7, 11) is 0. The lowest BCUT2D eigenvalue weighted by atomic mass is 9.78. The summed E-state index contributed by atoms with van der Waals surface area (Å²) in [6.45, 7) is 6.72. The van der Waals surface area contributed by atoms with Crippen LogP contribution in [0.3, 0.4) is 0 Å². The highest BCUT2D eigenvalue weighted by Gasteiger charge is 2.33. The van der Waals surface area contributed by atoms with E-state index in [9.17, 15) is 0 Å². The van der Waals surface area contributed by atoms with Crippen LogP contribution in [0.5, 0.6) is 0 Å². The molecule has 4 nitrogen and oxygen atoms in total. The van der Waals surface area contributed by atoms with Crippen molar-refractivity contribution in [2.75, 3.05) is 13.1 Å². The van der Waals surface area contributed by atoms with Gasteiger partial charge >= 0.3 is 0 Å². The Kier molecular flexibility index (Phi) is 6.47. The predicted molar refractivity (Wildman–Crippen MR) is 75.9 cm³/mol. The number of nitrogens with two attached hydrogens (primary N) is 1. The summed E-state index contributed by atoms with van der Waals surface area (Å²) in [6.07, 6.45) is 8.46. The molecule has 0 amide bonds. The third-order valence-electron chi connectivity index (χ3n) is 3.92. The fourth-order valence-electron chi connectivity index (χ4n) is 3.24. The maximum Gasteiger partial charge on any atom is 0.139 e. The van der Waals surface area contributed by atoms with Gasteiger partial charge in [0.15, 0.2) is 0 Å². The summed E-state index contributed by atoms with van der Waals surface area (Å²) in [5.41, 5.74) is 5.97. The fourth-order valence-corrected chi connectivity index (χ4v) is 3.24. The molecular formula is C14H29N3O. The van der Waals surface area contributed by atoms with E-state index in [1.54, 1.807) is 0 Å². The molecule has 0 bridgehead atoms. The van der Waals surface area contributed by atoms with E-state index in [-0.39, 0.29) is 0 Å². The smallest absolute Gasteiger partial charge is 0.139 e. The van der Waals surface area contributed by atoms with Gasteiger partial charge in [-0.15, -0.1) is 0 Å². The van der Waals surface area contributed by atoms with Gasteiger partial charge in [0, 0.05) is 13.0 Å². The van der Waals surface area contributed by atoms with E-state index in [2.05, 4.69) is 24.3 Å². The third-order valence-corrected chi connectivity index (χ3v) is 3.92. The second-order valence-corrected chi connectivity index (χ2v) is 6.18. The van der Waals surface area contributed by atoms with Crippen LogP contribution in [-0.2, 0) is 0 Å². The van der Waals surface area contributed by atoms with Crippen molar-refractivity contribution in [2.45, 2.75) is 58.8 Å². The number of nitrogens with zero attached hydrogens (tertiary/aromatic N) is 1. The van der Waals surface area contributed by atoms with Crippen LogP contribution >= 0.6 is 0 Å². The van der Waals surface area contributed by atoms with Gasteiger partial charge in [0.05, 0.1) is 0 Å². The lowest BCUT2D eigenvalue weighted by molar-refractivity contribution is 0.224. The van der Waals surface area contributed by atoms with Gasteiger partial charge < -0.3 is 16.3 Å². The highest BCUT2D eigenvalue weighted by Crippen LogP contribution is 2.42. The van der Waals surface area contributed by atoms with Crippen molar-refractivity contribution in [1.29, 1.82) is 0 Å². The first-order valence-corrected chi connectivity index (χ1v) is 7.25. The van der Waals surface area contributed by atoms with Crippen molar-refractivity contribution < 1.29 is 5.21 Å². The zero-order chi connectivity index (χ0) is 13.4. The lowest BCUT2D eigenvalue weighted by Gasteiger charge is -2.31. The van der Waals surface area contributed by atoms with Gasteiger partial charge in [0.25, 0.3) is 0 Å². The highest BCUT2D eigenvalue weighted by molar-refractivity contribution is 5.79. The van der Waals surface area contributed by atoms with Gasteiger partial charge in [-0.25, -0.2) is 0 Å². The normalized spacial score (nSPS) is 19.6. The first-order chi connectivity index (χ1) is 8.58. The number of nitrogens with one attached hydrogen (secondary N) is 1. The second kappa shape index (κ2) is 7.62. The summed E-state index contributed by atoms with van der Waals surface area (Å²) in [5.74, 6) is 1.11. The molecule has 0 spiro atoms. The average molecular weight is 255 g/mol. The Labute approximate surface area is 111 Å². The molecule has 0 radical (unpaired) electrons. The first kappa shape index (κ1) is 15.3. The fraction of sp³-hybridized carbons (Fsp3) is 0.929. The van der Waals surface area contributed by atoms with Crippen molar-refractivity contribution in [2.24, 2.45) is 22.2 Å². The number of hydrogen-bond acceptors (Lipinski definition) is 3. The standard InChI is InChI=1S/C14H29N3O/c1-12(2)10-14(7-3-4-8-14)11-16-9-5-6-13(15)17-18/h12,16,18H,3-11H2,1-2H3,(H2,15,17). The van der Waals surface area contributed by atoms with Gasteiger partial charge in [-0.2, -0.15) is 0 Å². The minimum Gasteiger partial charge on any atom is -0.409 e. The molecule has 1 aliphatic rings. The Hall–Kier alpha value is -0.770. The SMILES string of the molecule is CC(C)CC1(CNCCCC(N)=NO)CCCC1. The molecule has 1 rings (SSSR count). The van der Waals surface area contributed by atoms with E-state index >= 15 is 0 Å². The molecule has 0 saturated heterocycles. The van der Waals surface area contributed by atoms with Crippen LogP contribution in [0.25, 0.3) is 0 Å². The van der Waals surface area contributed by atoms with Crippen LogP contribution in [0.15, 0.2) is 5.16 Å². The molecule has 18 heavy (non-hydrogen) atoms. The minimum absolute atomic E-state index is 0.328. The van der Waals surface area contributed by atoms with Crippen LogP contribution in [0.2, 0.25) is 0 Å². The molecule has 0 heterocycles. The Morgan fingerprint density at radius 2 is 2.06 bits per heavy atom. The van der Waals surface area contributed by atoms with Crippen LogP contribution in [-0.4, -0.2) is 24.1 Å². The summed E-state index contributed by atoms with van der Waals surface area (Å²) in [5, 5.41) is 15.0. The summed E-state index contributed by atoms with van der Waals surface area (Å²) >= 11 is 0. The van der Waals surface area contributed by atoms with Crippen molar-refractivity contribution >= 4 is 5.84 Å². The molecule has 1 saturated carbocycles. The van der Waals surface area contributed by atoms with Gasteiger partial charge in [-0.1, -0.05) is 31.8 Å². The molecule has 4 heteroatoms. The van der Waals surface area contributed by atoms with E-state index in [0.29, 0.717) is 17.7 Å². The zero-order valence-electron chi connectivity index (χ0n) is 11.9. The summed E-state index contributed by atoms with van der Waals surface area (Å²) in [6, 6.07) is 0. The lowest BCUT2D eigenvalue weighted by Crippen LogP contribution is -2.34. The highest BCUT2D eigenvalue weighted by atomic mass is 16.4. The van der Waals surface area contributed by atoms with Crippen molar-refractivity contribution in [3.05, 3.63) is 0 Å². The predicted octanol–water partition coefficient (Wildman–Crippen LogP) is 2.71. The molecule has 106 valence electrons. The van der Waals surface area contributed by atoms with Crippen molar-refractivity contribution in [3.8, 4) is 0 Å². The molecule has 4 N–H and O–H groups in total. The van der Waals surface area contributed by atoms with Gasteiger partial charge in [0.2, 0.25) is 0 Å². The molecule has 0 atom stereocenters. The molecule has 0 aliphatic heterocycles. The van der Waals surface area contributed by atoms with Gasteiger partial charge in [0.1, 0.15) is 5.84 Å². The van der Waals surface area contributed by atoms with E-state index < -0.39 is 0 Å². The maximum absolute atomic E-state index is 8.45. The Balaban J connectivity index is 2.22. The van der Waals surface area contributed by atoms with Gasteiger partial charge in [-0.3, -0.25) is 0 Å². The van der Waals surface area contributed by atoms with E-state index in [4.69, 9.17) is 10.9 Å². The quantitative estimate of drug-likeness (QED) is 0.205. The van der Waals surface area contributed by atoms with E-state index in [1.165, 1.54) is 32.1 Å². The van der Waals surface area contributed by atoms with Crippen LogP contribution in [0, 0.1) is 11.3 Å². The van der Waals surface area contributed by atoms with Crippen LogP contribution < -0.4 is 11.1 Å². The van der Waals surface area contributed by atoms with Crippen molar-refractivity contribution in [1.82, 2.24) is 5.32 Å². The first-order valence-electron chi connectivity index (χ1n) is 7.25. The molecule has 1 aliphatic carbocycles. The molecule has 0 aromatic carbocycles. The monoisotopic (exact) mass is 255 g/mol. The molecule has 0 aromatic heterocycles. The number of amidine groups is 1. The maximum atomic E-state index is 8.45.